The molecule has 1 atom stereocenters. The van der Waals surface area contributed by atoms with Gasteiger partial charge in [0, 0.05) is 18.2 Å². The summed E-state index contributed by atoms with van der Waals surface area (Å²) in [6, 6.07) is 14.7. The van der Waals surface area contributed by atoms with E-state index in [1.165, 1.54) is 0 Å². The third kappa shape index (κ3) is 5.49. The van der Waals surface area contributed by atoms with Gasteiger partial charge in [-0.15, -0.1) is 0 Å². The Morgan fingerprint density at radius 3 is 2.55 bits per heavy atom. The second-order valence-electron chi connectivity index (χ2n) is 8.34. The molecular formula is C24H30N4O3. The standard InChI is InChI=1S/C24H30N4O3/c1-16(2)18-9-5-6-10-19(18)25-23(30)14-27(4)15-24(31)28-17(3)13-22(29)26-20-11-7-8-12-21(20)28/h5-12,16-17H,13-15H2,1-4H3,(H,25,30)(H,26,29)/t17-/m0/s1. The van der Waals surface area contributed by atoms with Crippen LogP contribution < -0.4 is 15.5 Å². The fraction of sp³-hybridized carbons (Fsp3) is 0.375. The average molecular weight is 423 g/mol. The minimum atomic E-state index is -0.281. The average Bonchev–Trinajstić information content (AvgIpc) is 2.81. The summed E-state index contributed by atoms with van der Waals surface area (Å²) >= 11 is 0. The van der Waals surface area contributed by atoms with Crippen molar-refractivity contribution in [3.05, 3.63) is 54.1 Å². The monoisotopic (exact) mass is 422 g/mol. The first-order valence-electron chi connectivity index (χ1n) is 10.5. The van der Waals surface area contributed by atoms with Crippen molar-refractivity contribution in [2.24, 2.45) is 0 Å². The molecule has 1 aliphatic rings. The predicted octanol–water partition coefficient (Wildman–Crippen LogP) is 3.44. The zero-order valence-electron chi connectivity index (χ0n) is 18.5. The highest BCUT2D eigenvalue weighted by atomic mass is 16.2. The van der Waals surface area contributed by atoms with Gasteiger partial charge in [-0.05, 0) is 43.7 Å². The number of nitrogens with zero attached hydrogens (tertiary/aromatic N) is 2. The molecule has 0 saturated heterocycles. The largest absolute Gasteiger partial charge is 0.325 e. The van der Waals surface area contributed by atoms with Crippen molar-refractivity contribution in [1.29, 1.82) is 0 Å². The van der Waals surface area contributed by atoms with Gasteiger partial charge in [0.1, 0.15) is 0 Å². The molecule has 1 heterocycles. The van der Waals surface area contributed by atoms with Gasteiger partial charge in [0.2, 0.25) is 17.7 Å². The quantitative estimate of drug-likeness (QED) is 0.747. The number of hydrogen-bond donors (Lipinski definition) is 2. The lowest BCUT2D eigenvalue weighted by Gasteiger charge is -2.29. The molecule has 0 spiro atoms. The zero-order valence-corrected chi connectivity index (χ0v) is 18.5. The number of hydrogen-bond acceptors (Lipinski definition) is 4. The van der Waals surface area contributed by atoms with Gasteiger partial charge in [0.25, 0.3) is 0 Å². The van der Waals surface area contributed by atoms with Crippen molar-refractivity contribution >= 4 is 34.8 Å². The third-order valence-corrected chi connectivity index (χ3v) is 5.30. The Bertz CT molecular complexity index is 973. The van der Waals surface area contributed by atoms with Crippen molar-refractivity contribution in [2.75, 3.05) is 35.7 Å². The molecule has 2 aromatic rings. The molecule has 3 rings (SSSR count). The van der Waals surface area contributed by atoms with E-state index >= 15 is 0 Å². The summed E-state index contributed by atoms with van der Waals surface area (Å²) in [6.45, 7) is 6.16. The first kappa shape index (κ1) is 22.5. The fourth-order valence-corrected chi connectivity index (χ4v) is 3.88. The Morgan fingerprint density at radius 2 is 1.81 bits per heavy atom. The van der Waals surface area contributed by atoms with Gasteiger partial charge in [0.15, 0.2) is 0 Å². The Balaban J connectivity index is 1.67. The number of carbonyl (C=O) groups is 3. The molecule has 0 fully saturated rings. The van der Waals surface area contributed by atoms with Gasteiger partial charge in [0.05, 0.1) is 24.5 Å². The Morgan fingerprint density at radius 1 is 1.13 bits per heavy atom. The number of benzene rings is 2. The van der Waals surface area contributed by atoms with Gasteiger partial charge in [-0.25, -0.2) is 0 Å². The maximum atomic E-state index is 13.1. The number of rotatable bonds is 6. The van der Waals surface area contributed by atoms with Gasteiger partial charge in [-0.2, -0.15) is 0 Å². The molecule has 0 aromatic heterocycles. The molecule has 3 amide bonds. The van der Waals surface area contributed by atoms with E-state index in [2.05, 4.69) is 24.5 Å². The zero-order chi connectivity index (χ0) is 22.5. The lowest BCUT2D eigenvalue weighted by Crippen LogP contribution is -2.45. The number of anilines is 3. The first-order chi connectivity index (χ1) is 14.8. The van der Waals surface area contributed by atoms with Crippen LogP contribution >= 0.6 is 0 Å². The van der Waals surface area contributed by atoms with Gasteiger partial charge >= 0.3 is 0 Å². The maximum absolute atomic E-state index is 13.1. The van der Waals surface area contributed by atoms with Crippen molar-refractivity contribution in [3.8, 4) is 0 Å². The number of likely N-dealkylation sites (N-methyl/N-ethyl adjacent to an activating group) is 1. The van der Waals surface area contributed by atoms with Gasteiger partial charge in [-0.1, -0.05) is 44.2 Å². The number of amides is 3. The van der Waals surface area contributed by atoms with Crippen LogP contribution in [0.5, 0.6) is 0 Å². The molecule has 0 radical (unpaired) electrons. The Hall–Kier alpha value is -3.19. The van der Waals surface area contributed by atoms with Crippen LogP contribution in [0, 0.1) is 0 Å². The van der Waals surface area contributed by atoms with Crippen LogP contribution in [0.3, 0.4) is 0 Å². The van der Waals surface area contributed by atoms with E-state index in [9.17, 15) is 14.4 Å². The van der Waals surface area contributed by atoms with Crippen molar-refractivity contribution in [2.45, 2.75) is 39.2 Å². The molecule has 2 aromatic carbocycles. The minimum absolute atomic E-state index is 0.0616. The third-order valence-electron chi connectivity index (χ3n) is 5.30. The first-order valence-corrected chi connectivity index (χ1v) is 10.5. The number of carbonyl (C=O) groups excluding carboxylic acids is 3. The SMILES string of the molecule is CC(C)c1ccccc1NC(=O)CN(C)CC(=O)N1c2ccccc2NC(=O)C[C@@H]1C. The summed E-state index contributed by atoms with van der Waals surface area (Å²) in [5.41, 5.74) is 3.16. The van der Waals surface area contributed by atoms with Crippen molar-refractivity contribution in [3.63, 3.8) is 0 Å². The normalized spacial score (nSPS) is 16.0. The van der Waals surface area contributed by atoms with Crippen LogP contribution in [0.2, 0.25) is 0 Å². The summed E-state index contributed by atoms with van der Waals surface area (Å²) < 4.78 is 0. The summed E-state index contributed by atoms with van der Waals surface area (Å²) in [4.78, 5) is 41.2. The number of para-hydroxylation sites is 3. The van der Waals surface area contributed by atoms with E-state index < -0.39 is 0 Å². The molecule has 7 nitrogen and oxygen atoms in total. The van der Waals surface area contributed by atoms with Crippen LogP contribution in [0.15, 0.2) is 48.5 Å². The van der Waals surface area contributed by atoms with E-state index in [-0.39, 0.29) is 49.2 Å². The van der Waals surface area contributed by atoms with Crippen LogP contribution in [0.4, 0.5) is 17.1 Å². The van der Waals surface area contributed by atoms with Crippen LogP contribution in [-0.4, -0.2) is 48.8 Å². The highest BCUT2D eigenvalue weighted by Gasteiger charge is 2.30. The number of fused-ring (bicyclic) bond motifs is 1. The second-order valence-corrected chi connectivity index (χ2v) is 8.34. The van der Waals surface area contributed by atoms with E-state index in [0.717, 1.165) is 11.3 Å². The lowest BCUT2D eigenvalue weighted by atomic mass is 10.0. The fourth-order valence-electron chi connectivity index (χ4n) is 3.88. The smallest absolute Gasteiger partial charge is 0.241 e. The van der Waals surface area contributed by atoms with E-state index in [1.54, 1.807) is 22.9 Å². The van der Waals surface area contributed by atoms with Crippen molar-refractivity contribution < 1.29 is 14.4 Å². The molecule has 0 aliphatic carbocycles. The summed E-state index contributed by atoms with van der Waals surface area (Å²) in [7, 11) is 1.74. The summed E-state index contributed by atoms with van der Waals surface area (Å²) in [5.74, 6) is -0.164. The molecule has 7 heteroatoms. The van der Waals surface area contributed by atoms with Crippen molar-refractivity contribution in [1.82, 2.24) is 4.90 Å². The van der Waals surface area contributed by atoms with E-state index in [4.69, 9.17) is 0 Å². The van der Waals surface area contributed by atoms with Gasteiger partial charge in [-0.3, -0.25) is 19.3 Å². The molecule has 1 aliphatic heterocycles. The molecule has 0 unspecified atom stereocenters. The molecule has 0 saturated carbocycles. The highest BCUT2D eigenvalue weighted by molar-refractivity contribution is 6.05. The molecule has 164 valence electrons. The minimum Gasteiger partial charge on any atom is -0.325 e. The predicted molar refractivity (Wildman–Crippen MR) is 123 cm³/mol. The molecule has 0 bridgehead atoms. The molecular weight excluding hydrogens is 392 g/mol. The van der Waals surface area contributed by atoms with E-state index in [0.29, 0.717) is 11.4 Å². The van der Waals surface area contributed by atoms with Crippen LogP contribution in [0.1, 0.15) is 38.7 Å². The maximum Gasteiger partial charge on any atom is 0.241 e. The van der Waals surface area contributed by atoms with Gasteiger partial charge < -0.3 is 15.5 Å². The molecule has 31 heavy (non-hydrogen) atoms. The lowest BCUT2D eigenvalue weighted by molar-refractivity contribution is -0.121. The Labute approximate surface area is 183 Å². The molecule has 2 N–H and O–H groups in total. The highest BCUT2D eigenvalue weighted by Crippen LogP contribution is 2.31. The van der Waals surface area contributed by atoms with E-state index in [1.807, 2.05) is 49.4 Å². The second kappa shape index (κ2) is 9.75. The summed E-state index contributed by atoms with van der Waals surface area (Å²) in [5, 5.41) is 5.81. The topological polar surface area (TPSA) is 81.8 Å². The summed E-state index contributed by atoms with van der Waals surface area (Å²) in [6.07, 6.45) is 0.219. The number of nitrogens with one attached hydrogen (secondary N) is 2. The Kier molecular flexibility index (Phi) is 7.07. The van der Waals surface area contributed by atoms with Crippen LogP contribution in [0.25, 0.3) is 0 Å². The van der Waals surface area contributed by atoms with Crippen LogP contribution in [-0.2, 0) is 14.4 Å².